The summed E-state index contributed by atoms with van der Waals surface area (Å²) in [7, 11) is 0. The first-order chi connectivity index (χ1) is 13.5. The van der Waals surface area contributed by atoms with Crippen LogP contribution in [0.3, 0.4) is 0 Å². The molecule has 1 aliphatic rings. The van der Waals surface area contributed by atoms with Crippen LogP contribution in [0.5, 0.6) is 0 Å². The van der Waals surface area contributed by atoms with Crippen molar-refractivity contribution in [2.75, 3.05) is 26.2 Å². The number of furan rings is 1. The van der Waals surface area contributed by atoms with Crippen LogP contribution in [0.1, 0.15) is 24.7 Å². The monoisotopic (exact) mass is 387 g/mol. The standard InChI is InChI=1S/C21H26FN3O3/c1-16(26)23-20(14-17-6-2-3-8-19(17)22)21(27)25-10-5-9-24(11-12-25)15-18-7-4-13-28-18/h2-4,6-8,13,20H,5,9-12,14-15H2,1H3,(H,23,26). The van der Waals surface area contributed by atoms with Crippen molar-refractivity contribution < 1.29 is 18.4 Å². The van der Waals surface area contributed by atoms with Gasteiger partial charge in [0, 0.05) is 39.5 Å². The first-order valence-electron chi connectivity index (χ1n) is 9.57. The minimum absolute atomic E-state index is 0.137. The van der Waals surface area contributed by atoms with E-state index < -0.39 is 6.04 Å². The van der Waals surface area contributed by atoms with E-state index in [9.17, 15) is 14.0 Å². The molecule has 2 amide bonds. The minimum Gasteiger partial charge on any atom is -0.468 e. The van der Waals surface area contributed by atoms with Crippen molar-refractivity contribution in [2.45, 2.75) is 32.4 Å². The van der Waals surface area contributed by atoms with Crippen molar-refractivity contribution in [3.05, 3.63) is 59.8 Å². The summed E-state index contributed by atoms with van der Waals surface area (Å²) in [5, 5.41) is 2.70. The van der Waals surface area contributed by atoms with E-state index in [-0.39, 0.29) is 24.1 Å². The Morgan fingerprint density at radius 2 is 1.96 bits per heavy atom. The quantitative estimate of drug-likeness (QED) is 0.825. The minimum atomic E-state index is -0.772. The average molecular weight is 387 g/mol. The van der Waals surface area contributed by atoms with Crippen LogP contribution in [-0.2, 0) is 22.6 Å². The van der Waals surface area contributed by atoms with Crippen molar-refractivity contribution in [1.82, 2.24) is 15.1 Å². The topological polar surface area (TPSA) is 65.8 Å². The fraction of sp³-hybridized carbons (Fsp3) is 0.429. The number of halogens is 1. The van der Waals surface area contributed by atoms with Crippen LogP contribution in [0.2, 0.25) is 0 Å². The molecule has 1 aromatic heterocycles. The Balaban J connectivity index is 1.64. The molecule has 3 rings (SSSR count). The largest absolute Gasteiger partial charge is 0.468 e. The zero-order chi connectivity index (χ0) is 19.9. The molecule has 2 heterocycles. The van der Waals surface area contributed by atoms with Gasteiger partial charge in [0.15, 0.2) is 0 Å². The molecule has 1 aliphatic heterocycles. The van der Waals surface area contributed by atoms with Crippen LogP contribution in [0.25, 0.3) is 0 Å². The molecule has 1 aromatic carbocycles. The Morgan fingerprint density at radius 3 is 2.68 bits per heavy atom. The third-order valence-corrected chi connectivity index (χ3v) is 4.92. The van der Waals surface area contributed by atoms with E-state index in [2.05, 4.69) is 10.2 Å². The molecule has 1 atom stereocenters. The van der Waals surface area contributed by atoms with Crippen molar-refractivity contribution in [2.24, 2.45) is 0 Å². The number of rotatable bonds is 6. The van der Waals surface area contributed by atoms with Crippen LogP contribution < -0.4 is 5.32 Å². The van der Waals surface area contributed by atoms with Crippen molar-refractivity contribution in [3.8, 4) is 0 Å². The number of carbonyl (C=O) groups is 2. The second-order valence-corrected chi connectivity index (χ2v) is 7.08. The zero-order valence-electron chi connectivity index (χ0n) is 16.1. The van der Waals surface area contributed by atoms with E-state index in [0.29, 0.717) is 25.2 Å². The maximum atomic E-state index is 14.0. The van der Waals surface area contributed by atoms with Gasteiger partial charge in [-0.2, -0.15) is 0 Å². The van der Waals surface area contributed by atoms with E-state index >= 15 is 0 Å². The summed E-state index contributed by atoms with van der Waals surface area (Å²) in [5.41, 5.74) is 0.420. The lowest BCUT2D eigenvalue weighted by atomic mass is 10.0. The predicted molar refractivity (Wildman–Crippen MR) is 103 cm³/mol. The second-order valence-electron chi connectivity index (χ2n) is 7.08. The Kier molecular flexibility index (Phi) is 6.81. The Hall–Kier alpha value is -2.67. The van der Waals surface area contributed by atoms with E-state index in [1.54, 1.807) is 29.4 Å². The normalized spacial score (nSPS) is 16.4. The molecule has 2 aromatic rings. The number of nitrogens with zero attached hydrogens (tertiary/aromatic N) is 2. The molecule has 1 fully saturated rings. The lowest BCUT2D eigenvalue weighted by molar-refractivity contribution is -0.136. The van der Waals surface area contributed by atoms with E-state index in [0.717, 1.165) is 25.3 Å². The number of hydrogen-bond donors (Lipinski definition) is 1. The van der Waals surface area contributed by atoms with Gasteiger partial charge in [-0.15, -0.1) is 0 Å². The molecular formula is C21H26FN3O3. The molecule has 1 N–H and O–H groups in total. The van der Waals surface area contributed by atoms with Gasteiger partial charge in [-0.1, -0.05) is 18.2 Å². The summed E-state index contributed by atoms with van der Waals surface area (Å²) in [4.78, 5) is 28.7. The molecule has 6 nitrogen and oxygen atoms in total. The van der Waals surface area contributed by atoms with Crippen molar-refractivity contribution in [3.63, 3.8) is 0 Å². The highest BCUT2D eigenvalue weighted by atomic mass is 19.1. The molecule has 0 bridgehead atoms. The molecule has 28 heavy (non-hydrogen) atoms. The third kappa shape index (κ3) is 5.42. The molecule has 1 saturated heterocycles. The molecule has 0 saturated carbocycles. The highest BCUT2D eigenvalue weighted by Gasteiger charge is 2.28. The molecule has 0 spiro atoms. The van der Waals surface area contributed by atoms with E-state index in [1.807, 2.05) is 12.1 Å². The average Bonchev–Trinajstić information content (AvgIpc) is 3.06. The zero-order valence-corrected chi connectivity index (χ0v) is 16.1. The molecule has 7 heteroatoms. The number of carbonyl (C=O) groups excluding carboxylic acids is 2. The molecule has 0 radical (unpaired) electrons. The van der Waals surface area contributed by atoms with Crippen LogP contribution in [-0.4, -0.2) is 53.8 Å². The molecule has 0 aliphatic carbocycles. The first kappa shape index (κ1) is 20.1. The maximum absolute atomic E-state index is 14.0. The first-order valence-corrected chi connectivity index (χ1v) is 9.57. The Morgan fingerprint density at radius 1 is 1.14 bits per heavy atom. The van der Waals surface area contributed by atoms with E-state index in [1.165, 1.54) is 13.0 Å². The van der Waals surface area contributed by atoms with Gasteiger partial charge < -0.3 is 14.6 Å². The lowest BCUT2D eigenvalue weighted by Crippen LogP contribution is -2.50. The van der Waals surface area contributed by atoms with Gasteiger partial charge in [-0.05, 0) is 30.2 Å². The van der Waals surface area contributed by atoms with Crippen molar-refractivity contribution in [1.29, 1.82) is 0 Å². The molecule has 1 unspecified atom stereocenters. The summed E-state index contributed by atoms with van der Waals surface area (Å²) in [6.07, 6.45) is 2.63. The van der Waals surface area contributed by atoms with Gasteiger partial charge >= 0.3 is 0 Å². The summed E-state index contributed by atoms with van der Waals surface area (Å²) >= 11 is 0. The van der Waals surface area contributed by atoms with E-state index in [4.69, 9.17) is 4.42 Å². The molecular weight excluding hydrogens is 361 g/mol. The van der Waals surface area contributed by atoms with Crippen molar-refractivity contribution >= 4 is 11.8 Å². The fourth-order valence-corrected chi connectivity index (χ4v) is 3.52. The maximum Gasteiger partial charge on any atom is 0.245 e. The SMILES string of the molecule is CC(=O)NC(Cc1ccccc1F)C(=O)N1CCCN(Cc2ccco2)CC1. The molecule has 150 valence electrons. The predicted octanol–water partition coefficient (Wildman–Crippen LogP) is 2.20. The number of benzene rings is 1. The van der Waals surface area contributed by atoms with Crippen LogP contribution >= 0.6 is 0 Å². The summed E-state index contributed by atoms with van der Waals surface area (Å²) in [5.74, 6) is 0.0591. The number of amides is 2. The fourth-order valence-electron chi connectivity index (χ4n) is 3.52. The van der Waals surface area contributed by atoms with Gasteiger partial charge in [-0.3, -0.25) is 14.5 Å². The third-order valence-electron chi connectivity index (χ3n) is 4.92. The summed E-state index contributed by atoms with van der Waals surface area (Å²) in [6, 6.07) is 9.38. The summed E-state index contributed by atoms with van der Waals surface area (Å²) in [6.45, 7) is 4.84. The number of nitrogens with one attached hydrogen (secondary N) is 1. The van der Waals surface area contributed by atoms with Crippen LogP contribution in [0.4, 0.5) is 4.39 Å². The summed E-state index contributed by atoms with van der Waals surface area (Å²) < 4.78 is 19.4. The highest BCUT2D eigenvalue weighted by molar-refractivity contribution is 5.87. The van der Waals surface area contributed by atoms with Crippen LogP contribution in [0.15, 0.2) is 47.1 Å². The number of hydrogen-bond acceptors (Lipinski definition) is 4. The van der Waals surface area contributed by atoms with Gasteiger partial charge in [0.05, 0.1) is 12.8 Å². The lowest BCUT2D eigenvalue weighted by Gasteiger charge is -2.27. The Bertz CT molecular complexity index is 794. The second kappa shape index (κ2) is 9.50. The van der Waals surface area contributed by atoms with Gasteiger partial charge in [0.1, 0.15) is 17.6 Å². The van der Waals surface area contributed by atoms with Gasteiger partial charge in [0.2, 0.25) is 11.8 Å². The highest BCUT2D eigenvalue weighted by Crippen LogP contribution is 2.14. The van der Waals surface area contributed by atoms with Gasteiger partial charge in [0.25, 0.3) is 0 Å². The smallest absolute Gasteiger partial charge is 0.245 e. The van der Waals surface area contributed by atoms with Gasteiger partial charge in [-0.25, -0.2) is 4.39 Å². The Labute approximate surface area is 164 Å². The van der Waals surface area contributed by atoms with Crippen LogP contribution in [0, 0.1) is 5.82 Å².